The van der Waals surface area contributed by atoms with E-state index in [0.717, 1.165) is 16.8 Å². The highest BCUT2D eigenvalue weighted by Crippen LogP contribution is 2.36. The second-order valence-corrected chi connectivity index (χ2v) is 7.83. The van der Waals surface area contributed by atoms with Gasteiger partial charge < -0.3 is 20.1 Å². The van der Waals surface area contributed by atoms with Crippen LogP contribution in [0.3, 0.4) is 0 Å². The van der Waals surface area contributed by atoms with Gasteiger partial charge in [0.15, 0.2) is 11.5 Å². The number of rotatable bonds is 4. The zero-order chi connectivity index (χ0) is 21.5. The minimum absolute atomic E-state index is 0.0472. The van der Waals surface area contributed by atoms with Crippen molar-refractivity contribution in [3.05, 3.63) is 53.1 Å². The maximum Gasteiger partial charge on any atom is 0.251 e. The number of nitrogens with one attached hydrogen (secondary N) is 2. The molecule has 3 aromatic rings. The molecule has 0 radical (unpaired) electrons. The standard InChI is InChI=1S/C22H19ClN4O4/c1-12-20(13-2-4-14(23)5-3-13)26-27-16(22(29)25-21(12)27)11-19(28)24-15-6-7-17-18(10-15)31-9-8-30-17/h2-7,10,16H,8-9,11H2,1H3,(H,24,28)(H,25,29)/t16-/m1/s1. The predicted molar refractivity (Wildman–Crippen MR) is 116 cm³/mol. The Morgan fingerprint density at radius 1 is 1.19 bits per heavy atom. The fraction of sp³-hybridized carbons (Fsp3) is 0.227. The number of aromatic nitrogens is 2. The van der Waals surface area contributed by atoms with Crippen LogP contribution in [0.2, 0.25) is 5.02 Å². The molecule has 0 bridgehead atoms. The number of halogens is 1. The van der Waals surface area contributed by atoms with Gasteiger partial charge in [0, 0.05) is 27.9 Å². The number of carbonyl (C=O) groups excluding carboxylic acids is 2. The van der Waals surface area contributed by atoms with E-state index in [1.807, 2.05) is 19.1 Å². The van der Waals surface area contributed by atoms with E-state index < -0.39 is 6.04 Å². The van der Waals surface area contributed by atoms with Crippen molar-refractivity contribution in [1.82, 2.24) is 9.78 Å². The molecule has 0 unspecified atom stereocenters. The average Bonchev–Trinajstić information content (AvgIpc) is 3.24. The van der Waals surface area contributed by atoms with Crippen LogP contribution in [-0.2, 0) is 9.59 Å². The molecule has 0 saturated heterocycles. The molecule has 0 saturated carbocycles. The first-order valence-electron chi connectivity index (χ1n) is 9.85. The van der Waals surface area contributed by atoms with Crippen LogP contribution in [0.15, 0.2) is 42.5 Å². The molecule has 0 spiro atoms. The smallest absolute Gasteiger partial charge is 0.251 e. The summed E-state index contributed by atoms with van der Waals surface area (Å²) in [5.41, 5.74) is 3.04. The quantitative estimate of drug-likeness (QED) is 0.646. The van der Waals surface area contributed by atoms with E-state index in [1.54, 1.807) is 35.0 Å². The Balaban J connectivity index is 1.35. The molecule has 2 aliphatic rings. The zero-order valence-corrected chi connectivity index (χ0v) is 17.4. The number of hydrogen-bond acceptors (Lipinski definition) is 5. The molecule has 0 fully saturated rings. The van der Waals surface area contributed by atoms with E-state index in [1.165, 1.54) is 0 Å². The molecule has 9 heteroatoms. The summed E-state index contributed by atoms with van der Waals surface area (Å²) < 4.78 is 12.6. The van der Waals surface area contributed by atoms with E-state index in [-0.39, 0.29) is 18.2 Å². The molecule has 2 aromatic carbocycles. The highest BCUT2D eigenvalue weighted by Gasteiger charge is 2.35. The van der Waals surface area contributed by atoms with Crippen molar-refractivity contribution in [1.29, 1.82) is 0 Å². The second kappa shape index (κ2) is 7.63. The molecule has 3 heterocycles. The molecule has 31 heavy (non-hydrogen) atoms. The Morgan fingerprint density at radius 3 is 2.71 bits per heavy atom. The van der Waals surface area contributed by atoms with Crippen molar-refractivity contribution in [3.8, 4) is 22.8 Å². The van der Waals surface area contributed by atoms with Crippen molar-refractivity contribution < 1.29 is 19.1 Å². The fourth-order valence-corrected chi connectivity index (χ4v) is 3.90. The normalized spacial score (nSPS) is 16.6. The van der Waals surface area contributed by atoms with Crippen molar-refractivity contribution in [2.24, 2.45) is 0 Å². The largest absolute Gasteiger partial charge is 0.486 e. The summed E-state index contributed by atoms with van der Waals surface area (Å²) in [6.45, 7) is 2.85. The van der Waals surface area contributed by atoms with Gasteiger partial charge in [0.05, 0.1) is 12.1 Å². The third-order valence-corrected chi connectivity index (χ3v) is 5.56. The Labute approximate surface area is 183 Å². The van der Waals surface area contributed by atoms with Crippen molar-refractivity contribution in [2.45, 2.75) is 19.4 Å². The Kier molecular flexibility index (Phi) is 4.78. The van der Waals surface area contributed by atoms with Gasteiger partial charge in [-0.1, -0.05) is 23.7 Å². The van der Waals surface area contributed by atoms with Crippen molar-refractivity contribution in [3.63, 3.8) is 0 Å². The van der Waals surface area contributed by atoms with Crippen molar-refractivity contribution >= 4 is 34.9 Å². The number of carbonyl (C=O) groups is 2. The topological polar surface area (TPSA) is 94.5 Å². The number of amides is 2. The summed E-state index contributed by atoms with van der Waals surface area (Å²) in [7, 11) is 0. The second-order valence-electron chi connectivity index (χ2n) is 7.39. The summed E-state index contributed by atoms with van der Waals surface area (Å²) in [6.07, 6.45) is -0.0472. The molecule has 1 aromatic heterocycles. The molecule has 158 valence electrons. The van der Waals surface area contributed by atoms with Crippen molar-refractivity contribution in [2.75, 3.05) is 23.8 Å². The van der Waals surface area contributed by atoms with Gasteiger partial charge in [-0.2, -0.15) is 5.10 Å². The molecule has 0 aliphatic carbocycles. The number of benzene rings is 2. The molecule has 5 rings (SSSR count). The Hall–Kier alpha value is -3.52. The lowest BCUT2D eigenvalue weighted by Gasteiger charge is -2.19. The molecular formula is C22H19ClN4O4. The van der Waals surface area contributed by atoms with Gasteiger partial charge in [0.2, 0.25) is 5.91 Å². The summed E-state index contributed by atoms with van der Waals surface area (Å²) >= 11 is 5.98. The summed E-state index contributed by atoms with van der Waals surface area (Å²) in [4.78, 5) is 25.2. The molecule has 8 nitrogen and oxygen atoms in total. The Bertz CT molecular complexity index is 1190. The van der Waals surface area contributed by atoms with Gasteiger partial charge in [-0.05, 0) is 31.2 Å². The molecule has 1 atom stereocenters. The molecule has 2 amide bonds. The zero-order valence-electron chi connectivity index (χ0n) is 16.6. The summed E-state index contributed by atoms with van der Waals surface area (Å²) in [6, 6.07) is 11.8. The Morgan fingerprint density at radius 2 is 1.94 bits per heavy atom. The SMILES string of the molecule is Cc1c(-c2ccc(Cl)cc2)nn2c1NC(=O)[C@H]2CC(=O)Nc1ccc2c(c1)OCCO2. The minimum atomic E-state index is -0.730. The van der Waals surface area contributed by atoms with Crippen LogP contribution in [-0.4, -0.2) is 34.8 Å². The van der Waals surface area contributed by atoms with Gasteiger partial charge in [-0.15, -0.1) is 0 Å². The first-order chi connectivity index (χ1) is 15.0. The van der Waals surface area contributed by atoms with E-state index in [9.17, 15) is 9.59 Å². The van der Waals surface area contributed by atoms with E-state index in [2.05, 4.69) is 15.7 Å². The minimum Gasteiger partial charge on any atom is -0.486 e. The number of fused-ring (bicyclic) bond motifs is 2. The first kappa shape index (κ1) is 19.4. The fourth-order valence-electron chi connectivity index (χ4n) is 3.77. The number of anilines is 2. The van der Waals surface area contributed by atoms with E-state index >= 15 is 0 Å². The highest BCUT2D eigenvalue weighted by atomic mass is 35.5. The number of nitrogens with zero attached hydrogens (tertiary/aromatic N) is 2. The summed E-state index contributed by atoms with van der Waals surface area (Å²) in [5.74, 6) is 1.27. The molecule has 2 N–H and O–H groups in total. The van der Waals surface area contributed by atoms with Crippen LogP contribution < -0.4 is 20.1 Å². The van der Waals surface area contributed by atoms with Crippen LogP contribution in [0, 0.1) is 6.92 Å². The molecular weight excluding hydrogens is 420 g/mol. The monoisotopic (exact) mass is 438 g/mol. The lowest BCUT2D eigenvalue weighted by Crippen LogP contribution is -2.24. The number of hydrogen-bond donors (Lipinski definition) is 2. The average molecular weight is 439 g/mol. The third-order valence-electron chi connectivity index (χ3n) is 5.31. The van der Waals surface area contributed by atoms with Gasteiger partial charge in [0.25, 0.3) is 5.91 Å². The summed E-state index contributed by atoms with van der Waals surface area (Å²) in [5, 5.41) is 10.9. The van der Waals surface area contributed by atoms with Crippen LogP contribution in [0.4, 0.5) is 11.5 Å². The maximum absolute atomic E-state index is 12.7. The number of ether oxygens (including phenoxy) is 2. The maximum atomic E-state index is 12.7. The lowest BCUT2D eigenvalue weighted by molar-refractivity contribution is -0.123. The van der Waals surface area contributed by atoms with Gasteiger partial charge in [-0.25, -0.2) is 4.68 Å². The van der Waals surface area contributed by atoms with Crippen LogP contribution in [0.25, 0.3) is 11.3 Å². The van der Waals surface area contributed by atoms with Crippen LogP contribution in [0.5, 0.6) is 11.5 Å². The van der Waals surface area contributed by atoms with Crippen LogP contribution >= 0.6 is 11.6 Å². The lowest BCUT2D eigenvalue weighted by atomic mass is 10.1. The molecule has 2 aliphatic heterocycles. The highest BCUT2D eigenvalue weighted by molar-refractivity contribution is 6.30. The van der Waals surface area contributed by atoms with Gasteiger partial charge >= 0.3 is 0 Å². The van der Waals surface area contributed by atoms with E-state index in [4.69, 9.17) is 21.1 Å². The van der Waals surface area contributed by atoms with Crippen LogP contribution in [0.1, 0.15) is 18.0 Å². The first-order valence-corrected chi connectivity index (χ1v) is 10.2. The predicted octanol–water partition coefficient (Wildman–Crippen LogP) is 3.81. The van der Waals surface area contributed by atoms with Gasteiger partial charge in [0.1, 0.15) is 25.1 Å². The van der Waals surface area contributed by atoms with Gasteiger partial charge in [-0.3, -0.25) is 9.59 Å². The van der Waals surface area contributed by atoms with E-state index in [0.29, 0.717) is 41.2 Å². The third kappa shape index (κ3) is 3.59.